The highest BCUT2D eigenvalue weighted by atomic mass is 15.2. The zero-order chi connectivity index (χ0) is 13.1. The molecule has 0 saturated heterocycles. The SMILES string of the molecule is CCNC(CN(CC(C)C)C1CC1)C(C)(C)C. The molecule has 0 bridgehead atoms. The first-order valence-corrected chi connectivity index (χ1v) is 7.32. The second-order valence-electron chi connectivity index (χ2n) is 7.06. The van der Waals surface area contributed by atoms with Crippen LogP contribution in [-0.4, -0.2) is 36.6 Å². The summed E-state index contributed by atoms with van der Waals surface area (Å²) in [4.78, 5) is 2.71. The number of rotatable bonds is 7. The average molecular weight is 240 g/mol. The molecule has 17 heavy (non-hydrogen) atoms. The highest BCUT2D eigenvalue weighted by molar-refractivity contribution is 4.90. The van der Waals surface area contributed by atoms with Gasteiger partial charge in [-0.3, -0.25) is 4.90 Å². The van der Waals surface area contributed by atoms with Gasteiger partial charge in [0.05, 0.1) is 0 Å². The molecule has 0 spiro atoms. The van der Waals surface area contributed by atoms with Crippen molar-refractivity contribution in [2.75, 3.05) is 19.6 Å². The van der Waals surface area contributed by atoms with Gasteiger partial charge in [0.15, 0.2) is 0 Å². The maximum Gasteiger partial charge on any atom is 0.0243 e. The fourth-order valence-corrected chi connectivity index (χ4v) is 2.41. The third-order valence-corrected chi connectivity index (χ3v) is 3.58. The largest absolute Gasteiger partial charge is 0.312 e. The van der Waals surface area contributed by atoms with Crippen LogP contribution < -0.4 is 5.32 Å². The summed E-state index contributed by atoms with van der Waals surface area (Å²) in [6.07, 6.45) is 2.82. The Balaban J connectivity index is 2.55. The molecule has 0 aliphatic heterocycles. The van der Waals surface area contributed by atoms with Crippen LogP contribution in [0.3, 0.4) is 0 Å². The van der Waals surface area contributed by atoms with Crippen LogP contribution in [0.15, 0.2) is 0 Å². The minimum absolute atomic E-state index is 0.347. The van der Waals surface area contributed by atoms with Gasteiger partial charge < -0.3 is 5.32 Å². The fourth-order valence-electron chi connectivity index (χ4n) is 2.41. The Bertz CT molecular complexity index is 213. The summed E-state index contributed by atoms with van der Waals surface area (Å²) in [5.41, 5.74) is 0.347. The minimum atomic E-state index is 0.347. The number of nitrogens with one attached hydrogen (secondary N) is 1. The third-order valence-electron chi connectivity index (χ3n) is 3.58. The van der Waals surface area contributed by atoms with E-state index in [0.29, 0.717) is 11.5 Å². The monoisotopic (exact) mass is 240 g/mol. The first-order chi connectivity index (χ1) is 7.84. The maximum absolute atomic E-state index is 3.67. The molecule has 1 N–H and O–H groups in total. The predicted octanol–water partition coefficient (Wildman–Crippen LogP) is 3.13. The fraction of sp³-hybridized carbons (Fsp3) is 1.00. The van der Waals surface area contributed by atoms with Gasteiger partial charge in [-0.15, -0.1) is 0 Å². The Labute approximate surface area is 108 Å². The number of likely N-dealkylation sites (N-methyl/N-ethyl adjacent to an activating group) is 1. The summed E-state index contributed by atoms with van der Waals surface area (Å²) in [5, 5.41) is 3.67. The summed E-state index contributed by atoms with van der Waals surface area (Å²) in [5.74, 6) is 0.776. The van der Waals surface area contributed by atoms with Crippen molar-refractivity contribution in [3.8, 4) is 0 Å². The van der Waals surface area contributed by atoms with Crippen molar-refractivity contribution >= 4 is 0 Å². The first-order valence-electron chi connectivity index (χ1n) is 7.32. The second kappa shape index (κ2) is 6.19. The first kappa shape index (κ1) is 15.0. The molecule has 0 radical (unpaired) electrons. The molecule has 0 aromatic heterocycles. The standard InChI is InChI=1S/C15H32N2/c1-7-16-14(15(4,5)6)11-17(10-12(2)3)13-8-9-13/h12-14,16H,7-11H2,1-6H3. The molecule has 1 saturated carbocycles. The highest BCUT2D eigenvalue weighted by Crippen LogP contribution is 2.30. The van der Waals surface area contributed by atoms with Crippen LogP contribution in [0.2, 0.25) is 0 Å². The van der Waals surface area contributed by atoms with E-state index in [2.05, 4.69) is 51.8 Å². The molecule has 0 aromatic carbocycles. The van der Waals surface area contributed by atoms with Gasteiger partial charge >= 0.3 is 0 Å². The van der Waals surface area contributed by atoms with Gasteiger partial charge in [-0.05, 0) is 30.7 Å². The zero-order valence-corrected chi connectivity index (χ0v) is 12.7. The number of hydrogen-bond acceptors (Lipinski definition) is 2. The van der Waals surface area contributed by atoms with E-state index < -0.39 is 0 Å². The van der Waals surface area contributed by atoms with E-state index in [-0.39, 0.29) is 0 Å². The summed E-state index contributed by atoms with van der Waals surface area (Å²) in [6.45, 7) is 17.4. The number of nitrogens with zero attached hydrogens (tertiary/aromatic N) is 1. The van der Waals surface area contributed by atoms with Gasteiger partial charge in [-0.1, -0.05) is 41.5 Å². The normalized spacial score (nSPS) is 19.1. The van der Waals surface area contributed by atoms with Crippen molar-refractivity contribution in [1.29, 1.82) is 0 Å². The van der Waals surface area contributed by atoms with E-state index in [9.17, 15) is 0 Å². The van der Waals surface area contributed by atoms with E-state index in [1.165, 1.54) is 25.9 Å². The molecule has 1 unspecified atom stereocenters. The van der Waals surface area contributed by atoms with Crippen LogP contribution in [0.4, 0.5) is 0 Å². The quantitative estimate of drug-likeness (QED) is 0.735. The lowest BCUT2D eigenvalue weighted by Crippen LogP contribution is -2.49. The van der Waals surface area contributed by atoms with Crippen LogP contribution in [0.5, 0.6) is 0 Å². The number of hydrogen-bond donors (Lipinski definition) is 1. The molecule has 1 rings (SSSR count). The molecule has 1 atom stereocenters. The van der Waals surface area contributed by atoms with E-state index in [4.69, 9.17) is 0 Å². The molecule has 0 amide bonds. The molecule has 0 heterocycles. The van der Waals surface area contributed by atoms with Crippen LogP contribution in [0.1, 0.15) is 54.4 Å². The highest BCUT2D eigenvalue weighted by Gasteiger charge is 2.33. The Morgan fingerprint density at radius 1 is 1.18 bits per heavy atom. The van der Waals surface area contributed by atoms with Crippen molar-refractivity contribution in [2.24, 2.45) is 11.3 Å². The Morgan fingerprint density at radius 3 is 2.12 bits per heavy atom. The van der Waals surface area contributed by atoms with Crippen molar-refractivity contribution in [1.82, 2.24) is 10.2 Å². The summed E-state index contributed by atoms with van der Waals surface area (Å²) >= 11 is 0. The second-order valence-corrected chi connectivity index (χ2v) is 7.06. The van der Waals surface area contributed by atoms with E-state index in [0.717, 1.165) is 18.5 Å². The van der Waals surface area contributed by atoms with Crippen molar-refractivity contribution < 1.29 is 0 Å². The molecule has 1 aliphatic carbocycles. The molecule has 1 aliphatic rings. The lowest BCUT2D eigenvalue weighted by Gasteiger charge is -2.36. The van der Waals surface area contributed by atoms with Gasteiger partial charge in [-0.2, -0.15) is 0 Å². The van der Waals surface area contributed by atoms with Crippen LogP contribution in [-0.2, 0) is 0 Å². The van der Waals surface area contributed by atoms with Crippen LogP contribution in [0, 0.1) is 11.3 Å². The summed E-state index contributed by atoms with van der Waals surface area (Å²) in [7, 11) is 0. The maximum atomic E-state index is 3.67. The molecular weight excluding hydrogens is 208 g/mol. The van der Waals surface area contributed by atoms with Crippen molar-refractivity contribution in [3.63, 3.8) is 0 Å². The molecule has 2 nitrogen and oxygen atoms in total. The predicted molar refractivity (Wildman–Crippen MR) is 76.4 cm³/mol. The minimum Gasteiger partial charge on any atom is -0.312 e. The van der Waals surface area contributed by atoms with Crippen LogP contribution >= 0.6 is 0 Å². The smallest absolute Gasteiger partial charge is 0.0243 e. The third kappa shape index (κ3) is 5.39. The van der Waals surface area contributed by atoms with E-state index >= 15 is 0 Å². The molecule has 102 valence electrons. The van der Waals surface area contributed by atoms with Gasteiger partial charge in [0, 0.05) is 25.2 Å². The van der Waals surface area contributed by atoms with Crippen molar-refractivity contribution in [2.45, 2.75) is 66.5 Å². The van der Waals surface area contributed by atoms with Gasteiger partial charge in [0.2, 0.25) is 0 Å². The van der Waals surface area contributed by atoms with Crippen LogP contribution in [0.25, 0.3) is 0 Å². The van der Waals surface area contributed by atoms with Crippen molar-refractivity contribution in [3.05, 3.63) is 0 Å². The lowest BCUT2D eigenvalue weighted by molar-refractivity contribution is 0.155. The molecule has 1 fully saturated rings. The Kier molecular flexibility index (Phi) is 5.46. The van der Waals surface area contributed by atoms with E-state index in [1.54, 1.807) is 0 Å². The topological polar surface area (TPSA) is 15.3 Å². The van der Waals surface area contributed by atoms with Gasteiger partial charge in [0.1, 0.15) is 0 Å². The lowest BCUT2D eigenvalue weighted by atomic mass is 9.86. The molecular formula is C15H32N2. The van der Waals surface area contributed by atoms with Gasteiger partial charge in [-0.25, -0.2) is 0 Å². The molecule has 2 heteroatoms. The Morgan fingerprint density at radius 2 is 1.76 bits per heavy atom. The summed E-state index contributed by atoms with van der Waals surface area (Å²) < 4.78 is 0. The average Bonchev–Trinajstić information content (AvgIpc) is 2.96. The van der Waals surface area contributed by atoms with E-state index in [1.807, 2.05) is 0 Å². The van der Waals surface area contributed by atoms with Gasteiger partial charge in [0.25, 0.3) is 0 Å². The zero-order valence-electron chi connectivity index (χ0n) is 12.7. The Hall–Kier alpha value is -0.0800. The molecule has 0 aromatic rings. The summed E-state index contributed by atoms with van der Waals surface area (Å²) in [6, 6.07) is 1.48.